The van der Waals surface area contributed by atoms with Crippen molar-refractivity contribution in [3.63, 3.8) is 0 Å². The van der Waals surface area contributed by atoms with Gasteiger partial charge in [0.25, 0.3) is 0 Å². The molecule has 1 aliphatic heterocycles. The van der Waals surface area contributed by atoms with Crippen molar-refractivity contribution in [1.82, 2.24) is 15.5 Å². The van der Waals surface area contributed by atoms with Crippen LogP contribution in [0.3, 0.4) is 0 Å². The van der Waals surface area contributed by atoms with Crippen molar-refractivity contribution in [3.05, 3.63) is 45.5 Å². The summed E-state index contributed by atoms with van der Waals surface area (Å²) in [4.78, 5) is 4.44. The fourth-order valence-electron chi connectivity index (χ4n) is 2.06. The molecule has 1 aromatic carbocycles. The lowest BCUT2D eigenvalue weighted by molar-refractivity contribution is 0.339. The van der Waals surface area contributed by atoms with Crippen LogP contribution in [0.2, 0.25) is 10.0 Å². The minimum Gasteiger partial charge on any atom is -0.338 e. The van der Waals surface area contributed by atoms with Gasteiger partial charge in [0.2, 0.25) is 5.89 Å². The molecule has 1 unspecified atom stereocenters. The van der Waals surface area contributed by atoms with E-state index in [9.17, 15) is 0 Å². The monoisotopic (exact) mass is 329 g/mol. The first-order valence-corrected chi connectivity index (χ1v) is 8.21. The number of nitrogens with one attached hydrogen (secondary N) is 1. The molecule has 20 heavy (non-hydrogen) atoms. The summed E-state index contributed by atoms with van der Waals surface area (Å²) in [5.41, 5.74) is 0.828. The average Bonchev–Trinajstić information content (AvgIpc) is 2.93. The number of nitrogens with zero attached hydrogens (tertiary/aromatic N) is 2. The minimum absolute atomic E-state index is 0.136. The van der Waals surface area contributed by atoms with Gasteiger partial charge in [-0.1, -0.05) is 34.4 Å². The van der Waals surface area contributed by atoms with E-state index >= 15 is 0 Å². The van der Waals surface area contributed by atoms with Crippen LogP contribution in [0.5, 0.6) is 0 Å². The third-order valence-corrected chi connectivity index (χ3v) is 4.87. The molecule has 1 aliphatic rings. The predicted octanol–water partition coefficient (Wildman–Crippen LogP) is 3.34. The highest BCUT2D eigenvalue weighted by atomic mass is 35.5. The van der Waals surface area contributed by atoms with Crippen LogP contribution in [-0.2, 0) is 6.42 Å². The molecule has 4 nitrogen and oxygen atoms in total. The van der Waals surface area contributed by atoms with Gasteiger partial charge in [-0.15, -0.1) is 0 Å². The highest BCUT2D eigenvalue weighted by molar-refractivity contribution is 7.99. The highest BCUT2D eigenvalue weighted by Crippen LogP contribution is 2.27. The first kappa shape index (κ1) is 14.2. The molecule has 1 N–H and O–H groups in total. The molecule has 7 heteroatoms. The van der Waals surface area contributed by atoms with E-state index in [2.05, 4.69) is 15.5 Å². The minimum atomic E-state index is 0.136. The van der Waals surface area contributed by atoms with E-state index in [0.717, 1.165) is 23.6 Å². The molecule has 1 fully saturated rings. The topological polar surface area (TPSA) is 51.0 Å². The number of aromatic nitrogens is 2. The summed E-state index contributed by atoms with van der Waals surface area (Å²) >= 11 is 14.2. The van der Waals surface area contributed by atoms with Crippen LogP contribution >= 0.6 is 35.0 Å². The SMILES string of the molecule is Clc1cccc(Cl)c1Cc1noc(C2CSCCN2)n1. The summed E-state index contributed by atoms with van der Waals surface area (Å²) in [6, 6.07) is 5.57. The van der Waals surface area contributed by atoms with Gasteiger partial charge in [-0.05, 0) is 17.7 Å². The summed E-state index contributed by atoms with van der Waals surface area (Å²) in [5.74, 6) is 3.31. The second-order valence-corrected chi connectivity index (χ2v) is 6.47. The number of hydrogen-bond donors (Lipinski definition) is 1. The van der Waals surface area contributed by atoms with E-state index in [1.165, 1.54) is 0 Å². The van der Waals surface area contributed by atoms with Crippen molar-refractivity contribution in [1.29, 1.82) is 0 Å². The van der Waals surface area contributed by atoms with Crippen molar-refractivity contribution in [3.8, 4) is 0 Å². The Morgan fingerprint density at radius 2 is 2.15 bits per heavy atom. The molecule has 1 aromatic heterocycles. The molecule has 106 valence electrons. The van der Waals surface area contributed by atoms with E-state index in [1.807, 2.05) is 30.0 Å². The molecule has 1 atom stereocenters. The van der Waals surface area contributed by atoms with Gasteiger partial charge in [0.15, 0.2) is 5.82 Å². The van der Waals surface area contributed by atoms with Crippen LogP contribution in [0.4, 0.5) is 0 Å². The normalized spacial score (nSPS) is 19.2. The fraction of sp³-hybridized carbons (Fsp3) is 0.385. The van der Waals surface area contributed by atoms with Gasteiger partial charge in [-0.25, -0.2) is 0 Å². The fourth-order valence-corrected chi connectivity index (χ4v) is 3.52. The largest absolute Gasteiger partial charge is 0.338 e. The van der Waals surface area contributed by atoms with Crippen molar-refractivity contribution in [2.45, 2.75) is 12.5 Å². The van der Waals surface area contributed by atoms with Crippen LogP contribution in [-0.4, -0.2) is 28.2 Å². The maximum atomic E-state index is 6.15. The summed E-state index contributed by atoms with van der Waals surface area (Å²) in [6.45, 7) is 0.962. The van der Waals surface area contributed by atoms with Crippen molar-refractivity contribution in [2.24, 2.45) is 0 Å². The molecule has 0 amide bonds. The zero-order valence-corrected chi connectivity index (χ0v) is 12.9. The maximum absolute atomic E-state index is 6.15. The Hall–Kier alpha value is -0.750. The van der Waals surface area contributed by atoms with Gasteiger partial charge in [0.1, 0.15) is 0 Å². The van der Waals surface area contributed by atoms with Gasteiger partial charge in [-0.2, -0.15) is 16.7 Å². The van der Waals surface area contributed by atoms with Gasteiger partial charge >= 0.3 is 0 Å². The number of thioether (sulfide) groups is 1. The molecule has 2 aromatic rings. The first-order chi connectivity index (χ1) is 9.74. The number of hydrogen-bond acceptors (Lipinski definition) is 5. The van der Waals surface area contributed by atoms with Crippen LogP contribution < -0.4 is 5.32 Å². The van der Waals surface area contributed by atoms with Crippen LogP contribution in [0.1, 0.15) is 23.3 Å². The Morgan fingerprint density at radius 3 is 2.85 bits per heavy atom. The third-order valence-electron chi connectivity index (χ3n) is 3.10. The molecule has 3 rings (SSSR count). The molecular formula is C13H13Cl2N3OS. The lowest BCUT2D eigenvalue weighted by Gasteiger charge is -2.19. The molecule has 1 saturated heterocycles. The molecule has 0 bridgehead atoms. The van der Waals surface area contributed by atoms with E-state index in [1.54, 1.807) is 0 Å². The van der Waals surface area contributed by atoms with Gasteiger partial charge in [-0.3, -0.25) is 0 Å². The summed E-state index contributed by atoms with van der Waals surface area (Å²) < 4.78 is 5.33. The predicted molar refractivity (Wildman–Crippen MR) is 81.6 cm³/mol. The zero-order valence-electron chi connectivity index (χ0n) is 10.6. The van der Waals surface area contributed by atoms with Gasteiger partial charge in [0.05, 0.1) is 6.04 Å². The standard InChI is InChI=1S/C13H13Cl2N3OS/c14-9-2-1-3-10(15)8(9)6-12-17-13(19-18-12)11-7-20-5-4-16-11/h1-3,11,16H,4-7H2. The van der Waals surface area contributed by atoms with Gasteiger partial charge < -0.3 is 9.84 Å². The zero-order chi connectivity index (χ0) is 13.9. The highest BCUT2D eigenvalue weighted by Gasteiger charge is 2.21. The van der Waals surface area contributed by atoms with E-state index in [4.69, 9.17) is 27.7 Å². The van der Waals surface area contributed by atoms with Crippen molar-refractivity contribution in [2.75, 3.05) is 18.1 Å². The Balaban J connectivity index is 1.77. The molecular weight excluding hydrogens is 317 g/mol. The number of benzene rings is 1. The third kappa shape index (κ3) is 3.11. The Morgan fingerprint density at radius 1 is 1.35 bits per heavy atom. The lowest BCUT2D eigenvalue weighted by Crippen LogP contribution is -2.30. The second kappa shape index (κ2) is 6.35. The van der Waals surface area contributed by atoms with E-state index in [0.29, 0.717) is 28.2 Å². The quantitative estimate of drug-likeness (QED) is 0.935. The van der Waals surface area contributed by atoms with Crippen molar-refractivity contribution < 1.29 is 4.52 Å². The molecule has 2 heterocycles. The molecule has 0 saturated carbocycles. The Labute approximate surface area is 131 Å². The number of rotatable bonds is 3. The van der Waals surface area contributed by atoms with Crippen molar-refractivity contribution >= 4 is 35.0 Å². The molecule has 0 aliphatic carbocycles. The van der Waals surface area contributed by atoms with Crippen LogP contribution in [0, 0.1) is 0 Å². The Kier molecular flexibility index (Phi) is 4.51. The summed E-state index contributed by atoms with van der Waals surface area (Å²) in [7, 11) is 0. The lowest BCUT2D eigenvalue weighted by atomic mass is 10.1. The maximum Gasteiger partial charge on any atom is 0.244 e. The Bertz CT molecular complexity index is 579. The van der Waals surface area contributed by atoms with E-state index < -0.39 is 0 Å². The summed E-state index contributed by atoms with van der Waals surface area (Å²) in [6.07, 6.45) is 0.474. The summed E-state index contributed by atoms with van der Waals surface area (Å²) in [5, 5.41) is 8.62. The van der Waals surface area contributed by atoms with E-state index in [-0.39, 0.29) is 6.04 Å². The van der Waals surface area contributed by atoms with Crippen LogP contribution in [0.25, 0.3) is 0 Å². The number of halogens is 2. The van der Waals surface area contributed by atoms with Gasteiger partial charge in [0, 0.05) is 34.5 Å². The average molecular weight is 330 g/mol. The smallest absolute Gasteiger partial charge is 0.244 e. The molecule has 0 spiro atoms. The van der Waals surface area contributed by atoms with Crippen LogP contribution in [0.15, 0.2) is 22.7 Å². The first-order valence-electron chi connectivity index (χ1n) is 6.30. The molecule has 0 radical (unpaired) electrons. The second-order valence-electron chi connectivity index (χ2n) is 4.51.